The van der Waals surface area contributed by atoms with E-state index in [1.165, 1.54) is 7.05 Å². The SMILES string of the molecule is C/[N+]([O-])=C\Cc1ccccc1. The maximum Gasteiger partial charge on any atom is 0.155 e. The minimum Gasteiger partial charge on any atom is -0.624 e. The summed E-state index contributed by atoms with van der Waals surface area (Å²) in [4.78, 5) is 0. The molecule has 0 heterocycles. The molecule has 1 aromatic carbocycles. The van der Waals surface area contributed by atoms with E-state index in [-0.39, 0.29) is 0 Å². The molecular weight excluding hydrogens is 138 g/mol. The molecule has 2 heteroatoms. The Kier molecular flexibility index (Phi) is 2.66. The predicted octanol–water partition coefficient (Wildman–Crippen LogP) is 1.44. The minimum atomic E-state index is 0.709. The Balaban J connectivity index is 2.59. The molecule has 1 aromatic rings. The predicted molar refractivity (Wildman–Crippen MR) is 45.8 cm³/mol. The second-order valence-corrected chi connectivity index (χ2v) is 2.42. The zero-order valence-corrected chi connectivity index (χ0v) is 6.53. The van der Waals surface area contributed by atoms with Crippen LogP contribution in [0.15, 0.2) is 30.3 Å². The summed E-state index contributed by atoms with van der Waals surface area (Å²) in [6, 6.07) is 9.90. The van der Waals surface area contributed by atoms with Crippen LogP contribution in [0.2, 0.25) is 0 Å². The normalized spacial score (nSPS) is 11.5. The van der Waals surface area contributed by atoms with Gasteiger partial charge >= 0.3 is 0 Å². The average Bonchev–Trinajstić information content (AvgIpc) is 2.03. The summed E-state index contributed by atoms with van der Waals surface area (Å²) in [5.74, 6) is 0. The molecule has 0 saturated heterocycles. The lowest BCUT2D eigenvalue weighted by Crippen LogP contribution is -1.98. The number of hydrogen-bond acceptors (Lipinski definition) is 1. The molecule has 0 atom stereocenters. The lowest BCUT2D eigenvalue weighted by molar-refractivity contribution is -0.418. The van der Waals surface area contributed by atoms with Crippen molar-refractivity contribution in [2.75, 3.05) is 7.05 Å². The van der Waals surface area contributed by atoms with Gasteiger partial charge in [0, 0.05) is 0 Å². The summed E-state index contributed by atoms with van der Waals surface area (Å²) in [5, 5.41) is 10.5. The molecule has 11 heavy (non-hydrogen) atoms. The number of hydroxylamine groups is 1. The Labute approximate surface area is 66.4 Å². The summed E-state index contributed by atoms with van der Waals surface area (Å²) in [5.41, 5.74) is 1.16. The van der Waals surface area contributed by atoms with E-state index >= 15 is 0 Å². The first kappa shape index (κ1) is 7.79. The smallest absolute Gasteiger partial charge is 0.155 e. The highest BCUT2D eigenvalue weighted by Gasteiger charge is 1.88. The number of rotatable bonds is 2. The van der Waals surface area contributed by atoms with E-state index in [9.17, 15) is 5.21 Å². The fourth-order valence-corrected chi connectivity index (χ4v) is 0.848. The molecule has 58 valence electrons. The fraction of sp³-hybridized carbons (Fsp3) is 0.222. The van der Waals surface area contributed by atoms with Crippen molar-refractivity contribution in [1.29, 1.82) is 0 Å². The van der Waals surface area contributed by atoms with Crippen LogP contribution in [-0.4, -0.2) is 18.0 Å². The lowest BCUT2D eigenvalue weighted by atomic mass is 10.2. The summed E-state index contributed by atoms with van der Waals surface area (Å²) in [7, 11) is 1.49. The topological polar surface area (TPSA) is 26.1 Å². The van der Waals surface area contributed by atoms with Crippen LogP contribution in [0.1, 0.15) is 5.56 Å². The first-order chi connectivity index (χ1) is 5.29. The number of benzene rings is 1. The first-order valence-electron chi connectivity index (χ1n) is 3.56. The van der Waals surface area contributed by atoms with Gasteiger partial charge in [-0.05, 0) is 5.56 Å². The average molecular weight is 149 g/mol. The van der Waals surface area contributed by atoms with E-state index in [0.717, 1.165) is 10.3 Å². The van der Waals surface area contributed by atoms with Crippen LogP contribution in [0, 0.1) is 5.21 Å². The Morgan fingerprint density at radius 3 is 2.55 bits per heavy atom. The number of hydrogen-bond donors (Lipinski definition) is 0. The molecule has 0 unspecified atom stereocenters. The molecule has 0 bridgehead atoms. The van der Waals surface area contributed by atoms with Crippen molar-refractivity contribution in [1.82, 2.24) is 0 Å². The molecule has 1 rings (SSSR count). The van der Waals surface area contributed by atoms with Crippen LogP contribution in [0.25, 0.3) is 0 Å². The lowest BCUT2D eigenvalue weighted by Gasteiger charge is -1.95. The molecule has 0 aliphatic heterocycles. The van der Waals surface area contributed by atoms with Crippen LogP contribution in [0.5, 0.6) is 0 Å². The van der Waals surface area contributed by atoms with Crippen LogP contribution in [-0.2, 0) is 6.42 Å². The van der Waals surface area contributed by atoms with E-state index in [4.69, 9.17) is 0 Å². The van der Waals surface area contributed by atoms with Crippen molar-refractivity contribution in [3.05, 3.63) is 41.1 Å². The van der Waals surface area contributed by atoms with Gasteiger partial charge in [0.15, 0.2) is 6.21 Å². The van der Waals surface area contributed by atoms with Gasteiger partial charge in [-0.15, -0.1) is 0 Å². The third-order valence-electron chi connectivity index (χ3n) is 1.43. The van der Waals surface area contributed by atoms with Crippen molar-refractivity contribution >= 4 is 6.21 Å². The summed E-state index contributed by atoms with van der Waals surface area (Å²) in [6.45, 7) is 0. The van der Waals surface area contributed by atoms with Gasteiger partial charge in [-0.2, -0.15) is 0 Å². The standard InChI is InChI=1S/C9H11NO/c1-10(11)8-7-9-5-3-2-4-6-9/h2-6,8H,7H2,1H3/b10-8+. The van der Waals surface area contributed by atoms with Gasteiger partial charge in [0.25, 0.3) is 0 Å². The summed E-state index contributed by atoms with van der Waals surface area (Å²) < 4.78 is 0.826. The van der Waals surface area contributed by atoms with Gasteiger partial charge in [-0.25, -0.2) is 4.74 Å². The van der Waals surface area contributed by atoms with E-state index in [2.05, 4.69) is 0 Å². The minimum absolute atomic E-state index is 0.709. The van der Waals surface area contributed by atoms with E-state index in [1.54, 1.807) is 6.21 Å². The molecule has 0 amide bonds. The zero-order chi connectivity index (χ0) is 8.10. The molecule has 0 aromatic heterocycles. The van der Waals surface area contributed by atoms with E-state index in [0.29, 0.717) is 6.42 Å². The van der Waals surface area contributed by atoms with Crippen LogP contribution >= 0.6 is 0 Å². The Bertz CT molecular complexity index is 237. The highest BCUT2D eigenvalue weighted by molar-refractivity contribution is 5.56. The Morgan fingerprint density at radius 2 is 2.00 bits per heavy atom. The van der Waals surface area contributed by atoms with Gasteiger partial charge in [0.05, 0.1) is 6.42 Å². The third kappa shape index (κ3) is 2.85. The van der Waals surface area contributed by atoms with Gasteiger partial charge in [0.1, 0.15) is 7.05 Å². The third-order valence-corrected chi connectivity index (χ3v) is 1.43. The van der Waals surface area contributed by atoms with Crippen molar-refractivity contribution in [3.63, 3.8) is 0 Å². The van der Waals surface area contributed by atoms with Crippen molar-refractivity contribution in [3.8, 4) is 0 Å². The quantitative estimate of drug-likeness (QED) is 0.270. The van der Waals surface area contributed by atoms with Crippen molar-refractivity contribution in [2.24, 2.45) is 0 Å². The van der Waals surface area contributed by atoms with Crippen LogP contribution < -0.4 is 0 Å². The maximum absolute atomic E-state index is 10.5. The molecule has 0 N–H and O–H groups in total. The highest BCUT2D eigenvalue weighted by atomic mass is 16.5. The molecule has 0 radical (unpaired) electrons. The van der Waals surface area contributed by atoms with Gasteiger partial charge in [-0.3, -0.25) is 0 Å². The molecule has 2 nitrogen and oxygen atoms in total. The second kappa shape index (κ2) is 3.76. The largest absolute Gasteiger partial charge is 0.624 e. The molecule has 0 spiro atoms. The highest BCUT2D eigenvalue weighted by Crippen LogP contribution is 1.96. The molecule has 0 aliphatic carbocycles. The van der Waals surface area contributed by atoms with Gasteiger partial charge in [0.2, 0.25) is 0 Å². The maximum atomic E-state index is 10.5. The number of nitrogens with zero attached hydrogens (tertiary/aromatic N) is 1. The second-order valence-electron chi connectivity index (χ2n) is 2.42. The summed E-state index contributed by atoms with van der Waals surface area (Å²) >= 11 is 0. The zero-order valence-electron chi connectivity index (χ0n) is 6.53. The molecule has 0 aliphatic rings. The summed E-state index contributed by atoms with van der Waals surface area (Å²) in [6.07, 6.45) is 2.32. The van der Waals surface area contributed by atoms with Crippen molar-refractivity contribution < 1.29 is 4.74 Å². The van der Waals surface area contributed by atoms with Crippen molar-refractivity contribution in [2.45, 2.75) is 6.42 Å². The molecule has 0 saturated carbocycles. The fourth-order valence-electron chi connectivity index (χ4n) is 0.848. The van der Waals surface area contributed by atoms with Crippen LogP contribution in [0.4, 0.5) is 0 Å². The van der Waals surface area contributed by atoms with Crippen LogP contribution in [0.3, 0.4) is 0 Å². The van der Waals surface area contributed by atoms with Gasteiger partial charge in [-0.1, -0.05) is 30.3 Å². The van der Waals surface area contributed by atoms with E-state index in [1.807, 2.05) is 30.3 Å². The molecular formula is C9H11NO. The van der Waals surface area contributed by atoms with Gasteiger partial charge < -0.3 is 5.21 Å². The Hall–Kier alpha value is -1.31. The van der Waals surface area contributed by atoms with E-state index < -0.39 is 0 Å². The first-order valence-corrected chi connectivity index (χ1v) is 3.56. The Morgan fingerprint density at radius 1 is 1.36 bits per heavy atom. The molecule has 0 fully saturated rings. The monoisotopic (exact) mass is 149 g/mol.